The number of imidazole rings is 1. The monoisotopic (exact) mass is 182 g/mol. The molecule has 0 aliphatic heterocycles. The molecule has 2 rings (SSSR count). The molecule has 3 heteroatoms. The zero-order chi connectivity index (χ0) is 8.72. The largest absolute Gasteiger partial charge is 0.324 e. The van der Waals surface area contributed by atoms with Gasteiger partial charge in [0.2, 0.25) is 0 Å². The minimum Gasteiger partial charge on any atom is -0.324 e. The van der Waals surface area contributed by atoms with Gasteiger partial charge in [-0.3, -0.25) is 0 Å². The Morgan fingerprint density at radius 2 is 1.42 bits per heavy atom. The molecule has 1 aromatic rings. The van der Waals surface area contributed by atoms with E-state index in [1.807, 2.05) is 0 Å². The molecule has 0 spiro atoms. The van der Waals surface area contributed by atoms with Gasteiger partial charge in [-0.1, -0.05) is 0 Å². The van der Waals surface area contributed by atoms with Crippen molar-refractivity contribution in [1.29, 1.82) is 0 Å². The minimum absolute atomic E-state index is 0.960. The molecule has 0 aromatic carbocycles. The average Bonchev–Trinajstić information content (AvgIpc) is 2.33. The molecule has 2 nitrogen and oxygen atoms in total. The van der Waals surface area contributed by atoms with Gasteiger partial charge in [-0.2, -0.15) is 0 Å². The Labute approximate surface area is 77.8 Å². The summed E-state index contributed by atoms with van der Waals surface area (Å²) in [5.41, 5.74) is 2.91. The molecular formula is C9H14N2S. The zero-order valence-electron chi connectivity index (χ0n) is 7.63. The predicted molar refractivity (Wildman–Crippen MR) is 51.9 cm³/mol. The molecular weight excluding hydrogens is 168 g/mol. The highest BCUT2D eigenvalue weighted by molar-refractivity contribution is 7.71. The number of nitrogens with zero attached hydrogens (tertiary/aromatic N) is 2. The first-order valence-electron chi connectivity index (χ1n) is 4.45. The summed E-state index contributed by atoms with van der Waals surface area (Å²) >= 11 is 5.29. The molecule has 0 N–H and O–H groups in total. The van der Waals surface area contributed by atoms with E-state index in [2.05, 4.69) is 23.2 Å². The molecule has 12 heavy (non-hydrogen) atoms. The standard InChI is InChI=1S/C9H14N2S/c1-10-7-5-3-4-6-8(7)11(2)9(10)12/h3-6H2,1-2H3. The number of fused-ring (bicyclic) bond motifs is 1. The summed E-state index contributed by atoms with van der Waals surface area (Å²) in [6.07, 6.45) is 5.05. The van der Waals surface area contributed by atoms with Gasteiger partial charge in [0.25, 0.3) is 0 Å². The van der Waals surface area contributed by atoms with Gasteiger partial charge >= 0.3 is 0 Å². The third-order valence-electron chi connectivity index (χ3n) is 2.79. The summed E-state index contributed by atoms with van der Waals surface area (Å²) in [7, 11) is 4.15. The van der Waals surface area contributed by atoms with E-state index in [1.165, 1.54) is 37.1 Å². The highest BCUT2D eigenvalue weighted by atomic mass is 32.1. The smallest absolute Gasteiger partial charge is 0.179 e. The van der Waals surface area contributed by atoms with Crippen molar-refractivity contribution in [3.05, 3.63) is 16.2 Å². The Morgan fingerprint density at radius 3 is 1.83 bits per heavy atom. The molecule has 66 valence electrons. The van der Waals surface area contributed by atoms with Gasteiger partial charge in [-0.05, 0) is 37.9 Å². The molecule has 0 fully saturated rings. The van der Waals surface area contributed by atoms with Gasteiger partial charge in [0.15, 0.2) is 4.77 Å². The van der Waals surface area contributed by atoms with Crippen molar-refractivity contribution < 1.29 is 0 Å². The van der Waals surface area contributed by atoms with E-state index in [4.69, 9.17) is 12.2 Å². The Hall–Kier alpha value is -0.570. The first kappa shape index (κ1) is 8.05. The molecule has 1 aromatic heterocycles. The van der Waals surface area contributed by atoms with Crippen molar-refractivity contribution in [3.63, 3.8) is 0 Å². The molecule has 1 aliphatic carbocycles. The lowest BCUT2D eigenvalue weighted by Gasteiger charge is -2.12. The van der Waals surface area contributed by atoms with E-state index in [0.717, 1.165) is 4.77 Å². The molecule has 0 atom stereocenters. The molecule has 0 saturated carbocycles. The quantitative estimate of drug-likeness (QED) is 0.558. The summed E-state index contributed by atoms with van der Waals surface area (Å²) < 4.78 is 5.27. The second kappa shape index (κ2) is 2.73. The van der Waals surface area contributed by atoms with Crippen LogP contribution in [0.3, 0.4) is 0 Å². The zero-order valence-corrected chi connectivity index (χ0v) is 8.45. The van der Waals surface area contributed by atoms with E-state index in [1.54, 1.807) is 0 Å². The first-order chi connectivity index (χ1) is 5.72. The van der Waals surface area contributed by atoms with Crippen LogP contribution in [0.25, 0.3) is 0 Å². The van der Waals surface area contributed by atoms with Crippen LogP contribution in [0, 0.1) is 4.77 Å². The van der Waals surface area contributed by atoms with Crippen LogP contribution in [-0.4, -0.2) is 9.13 Å². The fourth-order valence-electron chi connectivity index (χ4n) is 2.05. The van der Waals surface area contributed by atoms with Crippen molar-refractivity contribution in [2.75, 3.05) is 0 Å². The second-order valence-electron chi connectivity index (χ2n) is 3.50. The summed E-state index contributed by atoms with van der Waals surface area (Å²) in [6.45, 7) is 0. The lowest BCUT2D eigenvalue weighted by molar-refractivity contribution is 0.631. The van der Waals surface area contributed by atoms with E-state index >= 15 is 0 Å². The van der Waals surface area contributed by atoms with Crippen molar-refractivity contribution in [1.82, 2.24) is 9.13 Å². The summed E-state index contributed by atoms with van der Waals surface area (Å²) in [5.74, 6) is 0. The number of hydrogen-bond acceptors (Lipinski definition) is 1. The highest BCUT2D eigenvalue weighted by Crippen LogP contribution is 2.21. The van der Waals surface area contributed by atoms with Crippen LogP contribution < -0.4 is 0 Å². The predicted octanol–water partition coefficient (Wildman–Crippen LogP) is 1.97. The maximum atomic E-state index is 5.29. The van der Waals surface area contributed by atoms with Gasteiger partial charge < -0.3 is 9.13 Å². The molecule has 1 aliphatic rings. The lowest BCUT2D eigenvalue weighted by Crippen LogP contribution is -2.07. The van der Waals surface area contributed by atoms with Crippen molar-refractivity contribution in [2.45, 2.75) is 25.7 Å². The van der Waals surface area contributed by atoms with Crippen molar-refractivity contribution >= 4 is 12.2 Å². The maximum absolute atomic E-state index is 5.29. The Morgan fingerprint density at radius 1 is 1.00 bits per heavy atom. The van der Waals surface area contributed by atoms with Gasteiger partial charge in [0.05, 0.1) is 0 Å². The van der Waals surface area contributed by atoms with Crippen LogP contribution in [0.1, 0.15) is 24.2 Å². The van der Waals surface area contributed by atoms with Crippen LogP contribution in [-0.2, 0) is 26.9 Å². The molecule has 1 heterocycles. The molecule has 0 unspecified atom stereocenters. The van der Waals surface area contributed by atoms with Gasteiger partial charge in [-0.15, -0.1) is 0 Å². The fraction of sp³-hybridized carbons (Fsp3) is 0.667. The Balaban J connectivity index is 2.68. The van der Waals surface area contributed by atoms with Gasteiger partial charge in [0, 0.05) is 25.5 Å². The van der Waals surface area contributed by atoms with E-state index in [-0.39, 0.29) is 0 Å². The van der Waals surface area contributed by atoms with E-state index in [9.17, 15) is 0 Å². The second-order valence-corrected chi connectivity index (χ2v) is 3.87. The average molecular weight is 182 g/mol. The summed E-state index contributed by atoms with van der Waals surface area (Å²) in [4.78, 5) is 0. The lowest BCUT2D eigenvalue weighted by atomic mass is 10.0. The topological polar surface area (TPSA) is 9.86 Å². The van der Waals surface area contributed by atoms with Crippen LogP contribution in [0.15, 0.2) is 0 Å². The van der Waals surface area contributed by atoms with E-state index in [0.29, 0.717) is 0 Å². The van der Waals surface area contributed by atoms with Gasteiger partial charge in [-0.25, -0.2) is 0 Å². The van der Waals surface area contributed by atoms with Crippen LogP contribution >= 0.6 is 12.2 Å². The van der Waals surface area contributed by atoms with Crippen molar-refractivity contribution in [3.8, 4) is 0 Å². The first-order valence-corrected chi connectivity index (χ1v) is 4.86. The third-order valence-corrected chi connectivity index (χ3v) is 3.34. The Bertz CT molecular complexity index is 327. The SMILES string of the molecule is Cn1c2c(n(C)c1=S)CCCC2. The highest BCUT2D eigenvalue weighted by Gasteiger charge is 2.16. The molecule has 0 saturated heterocycles. The van der Waals surface area contributed by atoms with Crippen LogP contribution in [0.2, 0.25) is 0 Å². The minimum atomic E-state index is 0.960. The van der Waals surface area contributed by atoms with Crippen LogP contribution in [0.4, 0.5) is 0 Å². The third kappa shape index (κ3) is 0.959. The van der Waals surface area contributed by atoms with Crippen molar-refractivity contribution in [2.24, 2.45) is 14.1 Å². The Kier molecular flexibility index (Phi) is 1.83. The number of aromatic nitrogens is 2. The van der Waals surface area contributed by atoms with E-state index < -0.39 is 0 Å². The number of hydrogen-bond donors (Lipinski definition) is 0. The fourth-order valence-corrected chi connectivity index (χ4v) is 2.27. The van der Waals surface area contributed by atoms with Crippen LogP contribution in [0.5, 0.6) is 0 Å². The van der Waals surface area contributed by atoms with Gasteiger partial charge in [0.1, 0.15) is 0 Å². The number of rotatable bonds is 0. The molecule has 0 radical (unpaired) electrons. The normalized spacial score (nSPS) is 16.2. The summed E-state index contributed by atoms with van der Waals surface area (Å²) in [6, 6.07) is 0. The molecule has 0 bridgehead atoms. The summed E-state index contributed by atoms with van der Waals surface area (Å²) in [5, 5.41) is 0. The maximum Gasteiger partial charge on any atom is 0.179 e. The molecule has 0 amide bonds.